The van der Waals surface area contributed by atoms with Crippen molar-refractivity contribution in [2.75, 3.05) is 0 Å². The quantitative estimate of drug-likeness (QED) is 0.604. The molecule has 0 atom stereocenters. The van der Waals surface area contributed by atoms with E-state index >= 15 is 0 Å². The summed E-state index contributed by atoms with van der Waals surface area (Å²) in [6.07, 6.45) is 0. The number of hydrogen-bond acceptors (Lipinski definition) is 5. The van der Waals surface area contributed by atoms with Crippen molar-refractivity contribution in [1.82, 2.24) is 0 Å². The summed E-state index contributed by atoms with van der Waals surface area (Å²) < 4.78 is 38.4. The maximum atomic E-state index is 9.59. The Bertz CT molecular complexity index is 331. The SMILES string of the molecule is N#[C][Fe][Os](=[O])(=[O])(=[O])=[O]. The van der Waals surface area contributed by atoms with Gasteiger partial charge in [0.05, 0.1) is 0 Å². The first-order valence-electron chi connectivity index (χ1n) is 1.10. The molecule has 0 amide bonds. The van der Waals surface area contributed by atoms with Crippen LogP contribution in [0.5, 0.6) is 0 Å². The molecule has 0 N–H and O–H groups in total. The van der Waals surface area contributed by atoms with E-state index < -0.39 is 24.2 Å². The number of nitriles is 1. The van der Waals surface area contributed by atoms with E-state index in [2.05, 4.69) is 0 Å². The third kappa shape index (κ3) is 5.85. The van der Waals surface area contributed by atoms with E-state index in [1.807, 2.05) is 0 Å². The van der Waals surface area contributed by atoms with Gasteiger partial charge >= 0.3 is 48.6 Å². The number of hydrogen-bond donors (Lipinski definition) is 0. The Labute approximate surface area is 48.8 Å². The predicted octanol–water partition coefficient (Wildman–Crippen LogP) is -0.463. The minimum absolute atomic E-state index is 0.986. The van der Waals surface area contributed by atoms with Crippen LogP contribution in [-0.4, -0.2) is 0 Å². The molecule has 0 bridgehead atoms. The molecule has 49 valence electrons. The van der Waals surface area contributed by atoms with Crippen molar-refractivity contribution in [3.63, 3.8) is 0 Å². The normalized spacial score (nSPS) is 16.1. The Morgan fingerprint density at radius 2 is 1.62 bits per heavy atom. The van der Waals surface area contributed by atoms with Crippen LogP contribution in [0, 0.1) is 10.2 Å². The van der Waals surface area contributed by atoms with E-state index in [1.165, 1.54) is 0 Å². The fraction of sp³-hybridized carbons (Fsp3) is 0. The van der Waals surface area contributed by atoms with Crippen molar-refractivity contribution >= 4 is 0 Å². The van der Waals surface area contributed by atoms with Crippen LogP contribution in [0.2, 0.25) is 0 Å². The third-order valence-corrected chi connectivity index (χ3v) is 4.39. The van der Waals surface area contributed by atoms with Gasteiger partial charge in [0.25, 0.3) is 0 Å². The first kappa shape index (κ1) is 7.85. The predicted molar refractivity (Wildman–Crippen MR) is 8.36 cm³/mol. The van der Waals surface area contributed by atoms with Gasteiger partial charge in [-0.2, -0.15) is 0 Å². The Balaban J connectivity index is 5.18. The van der Waals surface area contributed by atoms with Crippen LogP contribution in [0.15, 0.2) is 0 Å². The third-order valence-electron chi connectivity index (χ3n) is 0.130. The topological polar surface area (TPSA) is 92.1 Å². The van der Waals surface area contributed by atoms with Gasteiger partial charge in [-0.3, -0.25) is 0 Å². The van der Waals surface area contributed by atoms with Gasteiger partial charge in [-0.25, -0.2) is 0 Å². The Morgan fingerprint density at radius 1 is 1.25 bits per heavy atom. The summed E-state index contributed by atoms with van der Waals surface area (Å²) in [4.78, 5) is 0.986. The van der Waals surface area contributed by atoms with Crippen LogP contribution in [0.1, 0.15) is 0 Å². The average molecular weight is 336 g/mol. The van der Waals surface area contributed by atoms with E-state index in [0.717, 1.165) is 4.97 Å². The van der Waals surface area contributed by atoms with Gasteiger partial charge in [0.1, 0.15) is 0 Å². The molecule has 0 aromatic rings. The number of nitrogens with zero attached hydrogens (tertiary/aromatic N) is 1. The summed E-state index contributed by atoms with van der Waals surface area (Å²) in [6, 6.07) is 0. The molecular formula is CFeNO4Os. The molecule has 0 radical (unpaired) electrons. The van der Waals surface area contributed by atoms with Gasteiger partial charge < -0.3 is 0 Å². The molecule has 0 rings (SSSR count). The zero-order valence-corrected chi connectivity index (χ0v) is 6.93. The summed E-state index contributed by atoms with van der Waals surface area (Å²) in [5.74, 6) is 0. The van der Waals surface area contributed by atoms with E-state index in [0.29, 0.717) is 0 Å². The summed E-state index contributed by atoms with van der Waals surface area (Å²) in [5.41, 5.74) is 0. The number of rotatable bonds is 1. The first-order chi connectivity index (χ1) is 3.31. The van der Waals surface area contributed by atoms with Crippen LogP contribution in [0.25, 0.3) is 0 Å². The standard InChI is InChI=1S/CN.Fe.4O.Os/c1-2;;;;;;. The van der Waals surface area contributed by atoms with Crippen molar-refractivity contribution in [2.24, 2.45) is 0 Å². The molecule has 0 aliphatic heterocycles. The molecule has 0 fully saturated rings. The Kier molecular flexibility index (Phi) is 1.64. The molecule has 0 heterocycles. The molecule has 0 saturated carbocycles. The van der Waals surface area contributed by atoms with Gasteiger partial charge in [0.2, 0.25) is 0 Å². The van der Waals surface area contributed by atoms with Crippen LogP contribution < -0.4 is 0 Å². The van der Waals surface area contributed by atoms with E-state index in [1.54, 1.807) is 0 Å². The molecule has 0 saturated heterocycles. The molecule has 0 aromatic heterocycles. The van der Waals surface area contributed by atoms with Crippen molar-refractivity contribution in [1.29, 1.82) is 5.26 Å². The molecular weight excluding hydrogens is 336 g/mol. The summed E-state index contributed by atoms with van der Waals surface area (Å²) in [7, 11) is 0. The van der Waals surface area contributed by atoms with E-state index in [9.17, 15) is 14.2 Å². The maximum absolute atomic E-state index is 9.59. The fourth-order valence-corrected chi connectivity index (χ4v) is 1.54. The van der Waals surface area contributed by atoms with Crippen molar-refractivity contribution < 1.29 is 38.4 Å². The molecule has 0 spiro atoms. The van der Waals surface area contributed by atoms with Gasteiger partial charge in [0, 0.05) is 0 Å². The second-order valence-electron chi connectivity index (χ2n) is 0.699. The van der Waals surface area contributed by atoms with E-state index in [-0.39, 0.29) is 0 Å². The monoisotopic (exact) mass is 338 g/mol. The van der Waals surface area contributed by atoms with Crippen LogP contribution in [0.4, 0.5) is 0 Å². The van der Waals surface area contributed by atoms with Crippen LogP contribution >= 0.6 is 0 Å². The Morgan fingerprint density at radius 3 is 1.62 bits per heavy atom. The van der Waals surface area contributed by atoms with Crippen LogP contribution in [0.3, 0.4) is 0 Å². The molecule has 0 aliphatic carbocycles. The van der Waals surface area contributed by atoms with Crippen molar-refractivity contribution in [2.45, 2.75) is 0 Å². The molecule has 0 aliphatic rings. The van der Waals surface area contributed by atoms with Gasteiger partial charge in [-0.1, -0.05) is 0 Å². The van der Waals surface area contributed by atoms with Crippen molar-refractivity contribution in [3.05, 3.63) is 0 Å². The summed E-state index contributed by atoms with van der Waals surface area (Å²) in [6.45, 7) is 0. The zero-order valence-electron chi connectivity index (χ0n) is 3.29. The molecule has 0 unspecified atom stereocenters. The second kappa shape index (κ2) is 1.67. The van der Waals surface area contributed by atoms with E-state index in [4.69, 9.17) is 5.26 Å². The molecule has 7 heteroatoms. The van der Waals surface area contributed by atoms with Gasteiger partial charge in [-0.15, -0.1) is 0 Å². The Hall–Kier alpha value is -0.154. The van der Waals surface area contributed by atoms with Gasteiger partial charge in [-0.05, 0) is 0 Å². The molecule has 0 aromatic carbocycles. The van der Waals surface area contributed by atoms with Gasteiger partial charge in [0.15, 0.2) is 0 Å². The summed E-state index contributed by atoms with van der Waals surface area (Å²) in [5, 5.41) is 7.57. The first-order valence-corrected chi connectivity index (χ1v) is 9.90. The second-order valence-corrected chi connectivity index (χ2v) is 12.2. The molecule has 5 nitrogen and oxygen atoms in total. The minimum atomic E-state index is -7.11. The van der Waals surface area contributed by atoms with Crippen LogP contribution in [-0.2, 0) is 38.4 Å². The summed E-state index contributed by atoms with van der Waals surface area (Å²) >= 11 is -8.53. The average Bonchev–Trinajstić information content (AvgIpc) is 1.25. The fourth-order valence-electron chi connectivity index (χ4n) is 0.0456. The molecule has 8 heavy (non-hydrogen) atoms. The zero-order chi connectivity index (χ0) is 6.86. The van der Waals surface area contributed by atoms with Crippen molar-refractivity contribution in [3.8, 4) is 4.97 Å².